The zero-order valence-corrected chi connectivity index (χ0v) is 14.3. The van der Waals surface area contributed by atoms with Crippen LogP contribution < -0.4 is 10.3 Å². The molecule has 0 unspecified atom stereocenters. The Morgan fingerprint density at radius 2 is 1.88 bits per heavy atom. The van der Waals surface area contributed by atoms with Crippen LogP contribution in [0, 0.1) is 6.92 Å². The molecule has 2 heterocycles. The third-order valence-corrected chi connectivity index (χ3v) is 5.02. The third-order valence-electron chi connectivity index (χ3n) is 3.54. The molecular weight excluding hydrogens is 342 g/mol. The van der Waals surface area contributed by atoms with Crippen molar-refractivity contribution in [2.75, 3.05) is 6.54 Å². The molecule has 3 rings (SSSR count). The number of hydrogen-bond donors (Lipinski definition) is 1. The molecule has 2 aromatic heterocycles. The van der Waals surface area contributed by atoms with E-state index in [1.165, 1.54) is 15.4 Å². The summed E-state index contributed by atoms with van der Waals surface area (Å²) in [6, 6.07) is 11.2. The molecule has 0 spiro atoms. The maximum Gasteiger partial charge on any atom is 0.266 e. The van der Waals surface area contributed by atoms with Gasteiger partial charge in [-0.25, -0.2) is 22.5 Å². The van der Waals surface area contributed by atoms with Gasteiger partial charge in [-0.05, 0) is 31.2 Å². The third kappa shape index (κ3) is 4.01. The Labute approximate surface area is 144 Å². The van der Waals surface area contributed by atoms with Crippen LogP contribution in [-0.4, -0.2) is 34.5 Å². The van der Waals surface area contributed by atoms with Crippen molar-refractivity contribution in [1.82, 2.24) is 24.3 Å². The van der Waals surface area contributed by atoms with Crippen LogP contribution in [0.5, 0.6) is 0 Å². The van der Waals surface area contributed by atoms with Crippen LogP contribution in [0.15, 0.2) is 64.5 Å². The van der Waals surface area contributed by atoms with Crippen molar-refractivity contribution in [3.63, 3.8) is 0 Å². The van der Waals surface area contributed by atoms with Gasteiger partial charge in [-0.15, -0.1) is 5.10 Å². The predicted molar refractivity (Wildman–Crippen MR) is 92.0 cm³/mol. The Morgan fingerprint density at radius 1 is 1.12 bits per heavy atom. The average molecular weight is 359 g/mol. The second kappa shape index (κ2) is 6.99. The number of nitrogens with one attached hydrogen (secondary N) is 1. The minimum atomic E-state index is -3.62. The highest BCUT2D eigenvalue weighted by Gasteiger charge is 2.13. The van der Waals surface area contributed by atoms with Crippen LogP contribution in [0.3, 0.4) is 0 Å². The van der Waals surface area contributed by atoms with E-state index in [1.807, 2.05) is 6.92 Å². The second-order valence-electron chi connectivity index (χ2n) is 5.41. The predicted octanol–water partition coefficient (Wildman–Crippen LogP) is 0.716. The van der Waals surface area contributed by atoms with Crippen LogP contribution in [0.25, 0.3) is 5.82 Å². The Balaban J connectivity index is 1.70. The van der Waals surface area contributed by atoms with E-state index in [4.69, 9.17) is 0 Å². The summed E-state index contributed by atoms with van der Waals surface area (Å²) in [4.78, 5) is 12.1. The molecule has 0 fully saturated rings. The van der Waals surface area contributed by atoms with E-state index < -0.39 is 10.0 Å². The van der Waals surface area contributed by atoms with Crippen molar-refractivity contribution in [3.05, 3.63) is 70.8 Å². The molecule has 0 amide bonds. The van der Waals surface area contributed by atoms with E-state index >= 15 is 0 Å². The lowest BCUT2D eigenvalue weighted by Crippen LogP contribution is -2.32. The molecule has 0 atom stereocenters. The van der Waals surface area contributed by atoms with Crippen molar-refractivity contribution in [1.29, 1.82) is 0 Å². The first-order chi connectivity index (χ1) is 12.0. The Hall–Kier alpha value is -2.78. The molecule has 1 aromatic carbocycles. The number of aromatic nitrogens is 4. The molecule has 9 heteroatoms. The minimum Gasteiger partial charge on any atom is -0.268 e. The fraction of sp³-hybridized carbons (Fsp3) is 0.188. The number of sulfonamides is 1. The molecule has 0 aliphatic carbocycles. The smallest absolute Gasteiger partial charge is 0.266 e. The lowest BCUT2D eigenvalue weighted by molar-refractivity contribution is 0.542. The van der Waals surface area contributed by atoms with Crippen molar-refractivity contribution in [2.24, 2.45) is 0 Å². The summed E-state index contributed by atoms with van der Waals surface area (Å²) in [5.41, 5.74) is 0.663. The highest BCUT2D eigenvalue weighted by atomic mass is 32.2. The summed E-state index contributed by atoms with van der Waals surface area (Å²) >= 11 is 0. The lowest BCUT2D eigenvalue weighted by atomic mass is 10.2. The van der Waals surface area contributed by atoms with Gasteiger partial charge in [0, 0.05) is 25.0 Å². The van der Waals surface area contributed by atoms with E-state index in [9.17, 15) is 13.2 Å². The van der Waals surface area contributed by atoms with Gasteiger partial charge >= 0.3 is 0 Å². The van der Waals surface area contributed by atoms with Gasteiger partial charge in [-0.2, -0.15) is 5.10 Å². The SMILES string of the molecule is Cc1ccc(S(=O)(=O)NCCn2nc(-n3cccn3)ccc2=O)cc1. The first-order valence-electron chi connectivity index (χ1n) is 7.60. The molecule has 0 radical (unpaired) electrons. The van der Waals surface area contributed by atoms with Crippen LogP contribution in [0.1, 0.15) is 5.56 Å². The van der Waals surface area contributed by atoms with E-state index in [-0.39, 0.29) is 23.5 Å². The van der Waals surface area contributed by atoms with Gasteiger partial charge in [0.05, 0.1) is 11.4 Å². The van der Waals surface area contributed by atoms with Gasteiger partial charge in [0.1, 0.15) is 0 Å². The van der Waals surface area contributed by atoms with Gasteiger partial charge in [0.2, 0.25) is 10.0 Å². The molecule has 8 nitrogen and oxygen atoms in total. The number of rotatable bonds is 6. The molecule has 0 aliphatic rings. The summed E-state index contributed by atoms with van der Waals surface area (Å²) in [7, 11) is -3.62. The Bertz CT molecular complexity index is 1010. The summed E-state index contributed by atoms with van der Waals surface area (Å²) in [6.45, 7) is 2.04. The number of nitrogens with zero attached hydrogens (tertiary/aromatic N) is 4. The second-order valence-corrected chi connectivity index (χ2v) is 7.18. The van der Waals surface area contributed by atoms with Crippen LogP contribution in [0.4, 0.5) is 0 Å². The average Bonchev–Trinajstić information content (AvgIpc) is 3.11. The van der Waals surface area contributed by atoms with Gasteiger partial charge in [0.25, 0.3) is 5.56 Å². The maximum absolute atomic E-state index is 12.2. The van der Waals surface area contributed by atoms with E-state index in [0.717, 1.165) is 5.56 Å². The van der Waals surface area contributed by atoms with Crippen LogP contribution in [-0.2, 0) is 16.6 Å². The molecule has 0 bridgehead atoms. The van der Waals surface area contributed by atoms with Crippen LogP contribution in [0.2, 0.25) is 0 Å². The van der Waals surface area contributed by atoms with E-state index in [2.05, 4.69) is 14.9 Å². The lowest BCUT2D eigenvalue weighted by Gasteiger charge is -2.09. The number of benzene rings is 1. The summed E-state index contributed by atoms with van der Waals surface area (Å²) in [5.74, 6) is 0.478. The largest absolute Gasteiger partial charge is 0.268 e. The standard InChI is InChI=1S/C16H17N5O3S/c1-13-3-5-14(6-4-13)25(23,24)18-10-12-21-16(22)8-7-15(19-21)20-11-2-9-17-20/h2-9,11,18H,10,12H2,1H3. The number of hydrogen-bond acceptors (Lipinski definition) is 5. The molecule has 0 saturated carbocycles. The first-order valence-corrected chi connectivity index (χ1v) is 9.08. The normalized spacial score (nSPS) is 11.6. The monoisotopic (exact) mass is 359 g/mol. The maximum atomic E-state index is 12.2. The molecular formula is C16H17N5O3S. The molecule has 1 N–H and O–H groups in total. The topological polar surface area (TPSA) is 98.9 Å². The van der Waals surface area contributed by atoms with E-state index in [1.54, 1.807) is 48.8 Å². The van der Waals surface area contributed by atoms with Gasteiger partial charge in [0.15, 0.2) is 5.82 Å². The van der Waals surface area contributed by atoms with Crippen molar-refractivity contribution in [3.8, 4) is 5.82 Å². The first kappa shape index (κ1) is 17.1. The van der Waals surface area contributed by atoms with Crippen LogP contribution >= 0.6 is 0 Å². The highest BCUT2D eigenvalue weighted by Crippen LogP contribution is 2.09. The summed E-state index contributed by atoms with van der Waals surface area (Å²) in [5, 5.41) is 8.24. The van der Waals surface area contributed by atoms with Gasteiger partial charge < -0.3 is 0 Å². The summed E-state index contributed by atoms with van der Waals surface area (Å²) in [6.07, 6.45) is 3.31. The summed E-state index contributed by atoms with van der Waals surface area (Å²) < 4.78 is 29.7. The molecule has 3 aromatic rings. The quantitative estimate of drug-likeness (QED) is 0.699. The fourth-order valence-electron chi connectivity index (χ4n) is 2.21. The fourth-order valence-corrected chi connectivity index (χ4v) is 3.23. The zero-order chi connectivity index (χ0) is 17.9. The molecule has 0 aliphatic heterocycles. The number of aryl methyl sites for hydroxylation is 1. The Morgan fingerprint density at radius 3 is 2.56 bits per heavy atom. The molecule has 130 valence electrons. The van der Waals surface area contributed by atoms with Gasteiger partial charge in [-0.3, -0.25) is 4.79 Å². The molecule has 0 saturated heterocycles. The Kier molecular flexibility index (Phi) is 4.77. The minimum absolute atomic E-state index is 0.0473. The van der Waals surface area contributed by atoms with Gasteiger partial charge in [-0.1, -0.05) is 17.7 Å². The highest BCUT2D eigenvalue weighted by molar-refractivity contribution is 7.89. The van der Waals surface area contributed by atoms with Crippen molar-refractivity contribution in [2.45, 2.75) is 18.4 Å². The van der Waals surface area contributed by atoms with E-state index in [0.29, 0.717) is 5.82 Å². The zero-order valence-electron chi connectivity index (χ0n) is 13.5. The van der Waals surface area contributed by atoms with Crippen molar-refractivity contribution >= 4 is 10.0 Å². The molecule has 25 heavy (non-hydrogen) atoms. The van der Waals surface area contributed by atoms with Crippen molar-refractivity contribution < 1.29 is 8.42 Å².